The van der Waals surface area contributed by atoms with Crippen molar-refractivity contribution in [3.63, 3.8) is 0 Å². The predicted molar refractivity (Wildman–Crippen MR) is 85.9 cm³/mol. The molecule has 2 rings (SSSR count). The minimum Gasteiger partial charge on any atom is -0.481 e. The van der Waals surface area contributed by atoms with Crippen LogP contribution in [-0.4, -0.2) is 44.7 Å². The van der Waals surface area contributed by atoms with Gasteiger partial charge >= 0.3 is 5.97 Å². The van der Waals surface area contributed by atoms with E-state index in [0.717, 1.165) is 5.56 Å². The average Bonchev–Trinajstić information content (AvgIpc) is 2.78. The summed E-state index contributed by atoms with van der Waals surface area (Å²) in [5.74, 6) is -2.11. The summed E-state index contributed by atoms with van der Waals surface area (Å²) in [6.07, 6.45) is 0.850. The zero-order chi connectivity index (χ0) is 17.0. The number of hydrogen-bond donors (Lipinski definition) is 4. The molecule has 0 aliphatic heterocycles. The van der Waals surface area contributed by atoms with Crippen LogP contribution in [0.4, 0.5) is 0 Å². The molecule has 6 atom stereocenters. The molecule has 5 heteroatoms. The second-order valence-electron chi connectivity index (χ2n) is 6.28. The fraction of sp³-hybridized carbons (Fsp3) is 0.500. The number of aliphatic carboxylic acids is 1. The van der Waals surface area contributed by atoms with Crippen molar-refractivity contribution in [1.29, 1.82) is 0 Å². The average molecular weight is 320 g/mol. The standard InChI is InChI=1S/C18H24O5/c1-11(12-5-3-2-4-6-12)15(19)8-7-13-14(9-18(22)23)17(21)10-16(13)20/h2-8,11,13-17,19-21H,9-10H2,1H3,(H,22,23). The zero-order valence-corrected chi connectivity index (χ0v) is 13.1. The number of aliphatic hydroxyl groups is 3. The van der Waals surface area contributed by atoms with Crippen molar-refractivity contribution < 1.29 is 25.2 Å². The van der Waals surface area contributed by atoms with E-state index < -0.39 is 36.1 Å². The first-order valence-corrected chi connectivity index (χ1v) is 7.89. The van der Waals surface area contributed by atoms with Crippen LogP contribution in [0.3, 0.4) is 0 Å². The molecule has 0 spiro atoms. The van der Waals surface area contributed by atoms with Gasteiger partial charge in [-0.15, -0.1) is 0 Å². The molecule has 1 aromatic carbocycles. The first kappa shape index (κ1) is 17.7. The second kappa shape index (κ2) is 7.73. The van der Waals surface area contributed by atoms with E-state index in [0.29, 0.717) is 0 Å². The van der Waals surface area contributed by atoms with Crippen molar-refractivity contribution in [1.82, 2.24) is 0 Å². The molecule has 0 saturated heterocycles. The van der Waals surface area contributed by atoms with Gasteiger partial charge in [0.1, 0.15) is 0 Å². The Kier molecular flexibility index (Phi) is 5.93. The van der Waals surface area contributed by atoms with E-state index in [1.165, 1.54) is 0 Å². The van der Waals surface area contributed by atoms with Crippen molar-refractivity contribution in [3.05, 3.63) is 48.0 Å². The molecule has 1 aromatic rings. The molecule has 1 saturated carbocycles. The van der Waals surface area contributed by atoms with Gasteiger partial charge in [-0.3, -0.25) is 4.79 Å². The Labute approximate surface area is 135 Å². The van der Waals surface area contributed by atoms with Gasteiger partial charge in [-0.05, 0) is 5.56 Å². The number of carboxylic acids is 1. The van der Waals surface area contributed by atoms with E-state index >= 15 is 0 Å². The van der Waals surface area contributed by atoms with Crippen LogP contribution in [-0.2, 0) is 4.79 Å². The summed E-state index contributed by atoms with van der Waals surface area (Å²) >= 11 is 0. The zero-order valence-electron chi connectivity index (χ0n) is 13.1. The Morgan fingerprint density at radius 1 is 1.26 bits per heavy atom. The lowest BCUT2D eigenvalue weighted by atomic mass is 9.88. The van der Waals surface area contributed by atoms with Crippen molar-refractivity contribution in [2.75, 3.05) is 0 Å². The van der Waals surface area contributed by atoms with Gasteiger partial charge in [-0.2, -0.15) is 0 Å². The van der Waals surface area contributed by atoms with E-state index in [1.54, 1.807) is 12.2 Å². The Bertz CT molecular complexity index is 542. The molecule has 0 amide bonds. The lowest BCUT2D eigenvalue weighted by molar-refractivity contribution is -0.139. The first-order valence-electron chi connectivity index (χ1n) is 7.89. The van der Waals surface area contributed by atoms with Gasteiger partial charge in [0.15, 0.2) is 0 Å². The highest BCUT2D eigenvalue weighted by Gasteiger charge is 2.41. The van der Waals surface area contributed by atoms with Crippen molar-refractivity contribution in [2.24, 2.45) is 11.8 Å². The maximum atomic E-state index is 10.9. The van der Waals surface area contributed by atoms with Crippen molar-refractivity contribution in [2.45, 2.75) is 44.0 Å². The minimum absolute atomic E-state index is 0.117. The summed E-state index contributed by atoms with van der Waals surface area (Å²) in [7, 11) is 0. The van der Waals surface area contributed by atoms with Crippen LogP contribution >= 0.6 is 0 Å². The third-order valence-electron chi connectivity index (χ3n) is 4.69. The number of hydrogen-bond acceptors (Lipinski definition) is 4. The number of benzene rings is 1. The summed E-state index contributed by atoms with van der Waals surface area (Å²) in [4.78, 5) is 10.9. The highest BCUT2D eigenvalue weighted by Crippen LogP contribution is 2.36. The summed E-state index contributed by atoms with van der Waals surface area (Å²) in [5, 5.41) is 39.2. The van der Waals surface area contributed by atoms with E-state index in [4.69, 9.17) is 5.11 Å². The maximum absolute atomic E-state index is 10.9. The third-order valence-corrected chi connectivity index (χ3v) is 4.69. The molecule has 23 heavy (non-hydrogen) atoms. The summed E-state index contributed by atoms with van der Waals surface area (Å²) in [6, 6.07) is 9.59. The summed E-state index contributed by atoms with van der Waals surface area (Å²) < 4.78 is 0. The van der Waals surface area contributed by atoms with Gasteiger partial charge in [0.25, 0.3) is 0 Å². The van der Waals surface area contributed by atoms with Crippen molar-refractivity contribution in [3.8, 4) is 0 Å². The molecule has 1 aliphatic rings. The van der Waals surface area contributed by atoms with Gasteiger partial charge < -0.3 is 20.4 Å². The normalized spacial score (nSPS) is 30.4. The number of carboxylic acid groups (broad SMARTS) is 1. The summed E-state index contributed by atoms with van der Waals surface area (Å²) in [5.41, 5.74) is 0.999. The van der Waals surface area contributed by atoms with Crippen LogP contribution in [0.1, 0.15) is 31.2 Å². The van der Waals surface area contributed by atoms with E-state index in [2.05, 4.69) is 0 Å². The van der Waals surface area contributed by atoms with E-state index in [9.17, 15) is 20.1 Å². The molecule has 1 aliphatic carbocycles. The van der Waals surface area contributed by atoms with Gasteiger partial charge in [0.2, 0.25) is 0 Å². The molecule has 1 fully saturated rings. The van der Waals surface area contributed by atoms with E-state index in [1.807, 2.05) is 37.3 Å². The van der Waals surface area contributed by atoms with Crippen LogP contribution in [0.5, 0.6) is 0 Å². The predicted octanol–water partition coefficient (Wildman–Crippen LogP) is 1.54. The molecule has 6 unspecified atom stereocenters. The summed E-state index contributed by atoms with van der Waals surface area (Å²) in [6.45, 7) is 1.90. The quantitative estimate of drug-likeness (QED) is 0.596. The Morgan fingerprint density at radius 3 is 2.52 bits per heavy atom. The minimum atomic E-state index is -1.00. The first-order chi connectivity index (χ1) is 10.9. The highest BCUT2D eigenvalue weighted by molar-refractivity contribution is 5.67. The lowest BCUT2D eigenvalue weighted by Crippen LogP contribution is -2.24. The Morgan fingerprint density at radius 2 is 1.91 bits per heavy atom. The molecule has 0 radical (unpaired) electrons. The van der Waals surface area contributed by atoms with Crippen LogP contribution in [0.2, 0.25) is 0 Å². The highest BCUT2D eigenvalue weighted by atomic mass is 16.4. The number of carbonyl (C=O) groups is 1. The fourth-order valence-corrected chi connectivity index (χ4v) is 3.23. The molecular formula is C18H24O5. The molecule has 0 aromatic heterocycles. The van der Waals surface area contributed by atoms with Crippen LogP contribution in [0.25, 0.3) is 0 Å². The molecule has 5 nitrogen and oxygen atoms in total. The van der Waals surface area contributed by atoms with Crippen LogP contribution < -0.4 is 0 Å². The molecule has 0 heterocycles. The molecule has 126 valence electrons. The van der Waals surface area contributed by atoms with Gasteiger partial charge in [-0.25, -0.2) is 0 Å². The monoisotopic (exact) mass is 320 g/mol. The second-order valence-corrected chi connectivity index (χ2v) is 6.28. The van der Waals surface area contributed by atoms with Crippen molar-refractivity contribution >= 4 is 5.97 Å². The Hall–Kier alpha value is -1.69. The van der Waals surface area contributed by atoms with Crippen LogP contribution in [0, 0.1) is 11.8 Å². The van der Waals surface area contributed by atoms with Gasteiger partial charge in [-0.1, -0.05) is 49.4 Å². The topological polar surface area (TPSA) is 98.0 Å². The smallest absolute Gasteiger partial charge is 0.303 e. The Balaban J connectivity index is 2.06. The number of aliphatic hydroxyl groups excluding tert-OH is 3. The fourth-order valence-electron chi connectivity index (χ4n) is 3.23. The number of rotatable bonds is 6. The molecule has 0 bridgehead atoms. The van der Waals surface area contributed by atoms with Crippen LogP contribution in [0.15, 0.2) is 42.5 Å². The molecule has 4 N–H and O–H groups in total. The van der Waals surface area contributed by atoms with Gasteiger partial charge in [0.05, 0.1) is 24.7 Å². The largest absolute Gasteiger partial charge is 0.481 e. The van der Waals surface area contributed by atoms with Gasteiger partial charge in [0, 0.05) is 24.2 Å². The lowest BCUT2D eigenvalue weighted by Gasteiger charge is -2.20. The maximum Gasteiger partial charge on any atom is 0.303 e. The van der Waals surface area contributed by atoms with E-state index in [-0.39, 0.29) is 18.8 Å². The SMILES string of the molecule is CC(c1ccccc1)C(O)C=CC1C(O)CC(O)C1CC(=O)O. The molecular weight excluding hydrogens is 296 g/mol. The third kappa shape index (κ3) is 4.41.